The van der Waals surface area contributed by atoms with Gasteiger partial charge in [-0.3, -0.25) is 0 Å². The highest BCUT2D eigenvalue weighted by Gasteiger charge is 2.26. The predicted octanol–water partition coefficient (Wildman–Crippen LogP) is 8.44. The third-order valence-corrected chi connectivity index (χ3v) is 6.34. The summed E-state index contributed by atoms with van der Waals surface area (Å²) < 4.78 is 6.03. The van der Waals surface area contributed by atoms with Crippen LogP contribution in [-0.2, 0) is 4.74 Å². The number of hydrogen-bond acceptors (Lipinski definition) is 3. The van der Waals surface area contributed by atoms with Gasteiger partial charge in [0.2, 0.25) is 0 Å². The first-order chi connectivity index (χ1) is 15.5. The number of carboxylic acids is 1. The molecule has 0 amide bonds. The molecule has 182 valence electrons. The Balaban J connectivity index is 2.77. The molecule has 2 atom stereocenters. The SMILES string of the molecule is CCCCCCCCCCC(OC(=O)c1ccccc1C(=O)O)C(CCC)CCCCC. The fourth-order valence-electron chi connectivity index (χ4n) is 4.46. The Morgan fingerprint density at radius 2 is 1.25 bits per heavy atom. The lowest BCUT2D eigenvalue weighted by molar-refractivity contribution is 0.00645. The van der Waals surface area contributed by atoms with E-state index in [2.05, 4.69) is 20.8 Å². The normalized spacial score (nSPS) is 13.0. The van der Waals surface area contributed by atoms with E-state index in [1.54, 1.807) is 18.2 Å². The molecule has 0 aliphatic carbocycles. The van der Waals surface area contributed by atoms with E-state index in [0.29, 0.717) is 5.92 Å². The first kappa shape index (κ1) is 28.2. The second-order valence-corrected chi connectivity index (χ2v) is 9.10. The van der Waals surface area contributed by atoms with Gasteiger partial charge in [0, 0.05) is 0 Å². The summed E-state index contributed by atoms with van der Waals surface area (Å²) in [6.45, 7) is 6.63. The average molecular weight is 447 g/mol. The van der Waals surface area contributed by atoms with Crippen molar-refractivity contribution in [1.82, 2.24) is 0 Å². The van der Waals surface area contributed by atoms with Gasteiger partial charge in [0.05, 0.1) is 11.1 Å². The Hall–Kier alpha value is -1.84. The van der Waals surface area contributed by atoms with Crippen LogP contribution in [0.15, 0.2) is 24.3 Å². The van der Waals surface area contributed by atoms with E-state index in [0.717, 1.165) is 38.5 Å². The number of esters is 1. The highest BCUT2D eigenvalue weighted by molar-refractivity contribution is 6.02. The molecule has 0 fully saturated rings. The quantitative estimate of drug-likeness (QED) is 0.171. The standard InChI is InChI=1S/C28H46O4/c1-4-7-9-10-11-12-13-15-22-26(23(18-6-3)19-14-8-5-2)32-28(31)25-21-17-16-20-24(25)27(29)30/h16-17,20-21,23,26H,4-15,18-19,22H2,1-3H3,(H,29,30). The molecule has 0 spiro atoms. The third kappa shape index (κ3) is 11.2. The van der Waals surface area contributed by atoms with Crippen LogP contribution in [0.3, 0.4) is 0 Å². The fraction of sp³-hybridized carbons (Fsp3) is 0.714. The summed E-state index contributed by atoms with van der Waals surface area (Å²) in [5, 5.41) is 9.46. The lowest BCUT2D eigenvalue weighted by atomic mass is 9.88. The molecule has 0 aliphatic heterocycles. The molecule has 2 unspecified atom stereocenters. The largest absolute Gasteiger partial charge is 0.478 e. The molecule has 1 aromatic rings. The molecule has 0 bridgehead atoms. The van der Waals surface area contributed by atoms with Crippen LogP contribution in [0.2, 0.25) is 0 Å². The van der Waals surface area contributed by atoms with Gasteiger partial charge >= 0.3 is 11.9 Å². The number of hydrogen-bond donors (Lipinski definition) is 1. The maximum absolute atomic E-state index is 13.0. The van der Waals surface area contributed by atoms with Crippen molar-refractivity contribution in [2.24, 2.45) is 5.92 Å². The van der Waals surface area contributed by atoms with Crippen molar-refractivity contribution < 1.29 is 19.4 Å². The van der Waals surface area contributed by atoms with Gasteiger partial charge < -0.3 is 9.84 Å². The molecule has 1 aromatic carbocycles. The molecule has 1 N–H and O–H groups in total. The van der Waals surface area contributed by atoms with Crippen molar-refractivity contribution in [3.05, 3.63) is 35.4 Å². The number of carboxylic acid groups (broad SMARTS) is 1. The van der Waals surface area contributed by atoms with Gasteiger partial charge in [0.15, 0.2) is 0 Å². The molecule has 32 heavy (non-hydrogen) atoms. The number of rotatable bonds is 19. The zero-order valence-corrected chi connectivity index (χ0v) is 20.7. The minimum atomic E-state index is -1.09. The summed E-state index contributed by atoms with van der Waals surface area (Å²) in [6, 6.07) is 6.37. The lowest BCUT2D eigenvalue weighted by Gasteiger charge is -2.27. The van der Waals surface area contributed by atoms with E-state index < -0.39 is 11.9 Å². The molecule has 0 saturated carbocycles. The van der Waals surface area contributed by atoms with E-state index >= 15 is 0 Å². The summed E-state index contributed by atoms with van der Waals surface area (Å²) in [7, 11) is 0. The maximum Gasteiger partial charge on any atom is 0.339 e. The Labute approximate surface area is 196 Å². The highest BCUT2D eigenvalue weighted by atomic mass is 16.5. The number of benzene rings is 1. The van der Waals surface area contributed by atoms with Crippen molar-refractivity contribution >= 4 is 11.9 Å². The van der Waals surface area contributed by atoms with Crippen LogP contribution in [0, 0.1) is 5.92 Å². The summed E-state index contributed by atoms with van der Waals surface area (Å²) in [5.74, 6) is -1.24. The van der Waals surface area contributed by atoms with E-state index in [9.17, 15) is 14.7 Å². The van der Waals surface area contributed by atoms with Gasteiger partial charge in [-0.15, -0.1) is 0 Å². The van der Waals surface area contributed by atoms with Crippen LogP contribution >= 0.6 is 0 Å². The van der Waals surface area contributed by atoms with Gasteiger partial charge in [-0.1, -0.05) is 104 Å². The number of carbonyl (C=O) groups excluding carboxylic acids is 1. The fourth-order valence-corrected chi connectivity index (χ4v) is 4.46. The van der Waals surface area contributed by atoms with Crippen LogP contribution in [0.1, 0.15) is 138 Å². The molecule has 4 nitrogen and oxygen atoms in total. The monoisotopic (exact) mass is 446 g/mol. The van der Waals surface area contributed by atoms with Crippen molar-refractivity contribution in [1.29, 1.82) is 0 Å². The number of ether oxygens (including phenoxy) is 1. The van der Waals surface area contributed by atoms with Crippen molar-refractivity contribution in [2.75, 3.05) is 0 Å². The Bertz CT molecular complexity index is 640. The van der Waals surface area contributed by atoms with Gasteiger partial charge in [-0.2, -0.15) is 0 Å². The van der Waals surface area contributed by atoms with E-state index in [-0.39, 0.29) is 17.2 Å². The van der Waals surface area contributed by atoms with Gasteiger partial charge in [-0.25, -0.2) is 9.59 Å². The van der Waals surface area contributed by atoms with Crippen LogP contribution in [0.25, 0.3) is 0 Å². The zero-order valence-electron chi connectivity index (χ0n) is 20.7. The van der Waals surface area contributed by atoms with Crippen LogP contribution < -0.4 is 0 Å². The second kappa shape index (κ2) is 17.7. The smallest absolute Gasteiger partial charge is 0.339 e. The van der Waals surface area contributed by atoms with E-state index in [4.69, 9.17) is 4.74 Å². The zero-order chi connectivity index (χ0) is 23.6. The molecule has 0 saturated heterocycles. The minimum absolute atomic E-state index is 0.0151. The van der Waals surface area contributed by atoms with E-state index in [1.807, 2.05) is 0 Å². The minimum Gasteiger partial charge on any atom is -0.478 e. The second-order valence-electron chi connectivity index (χ2n) is 9.10. The first-order valence-electron chi connectivity index (χ1n) is 13.1. The average Bonchev–Trinajstić information content (AvgIpc) is 2.79. The third-order valence-electron chi connectivity index (χ3n) is 6.34. The molecule has 4 heteroatoms. The Morgan fingerprint density at radius 1 is 0.719 bits per heavy atom. The number of unbranched alkanes of at least 4 members (excludes halogenated alkanes) is 9. The molecule has 0 aliphatic rings. The Kier molecular flexibility index (Phi) is 15.6. The Morgan fingerprint density at radius 3 is 1.84 bits per heavy atom. The molecule has 0 radical (unpaired) electrons. The van der Waals surface area contributed by atoms with Gasteiger partial charge in [0.25, 0.3) is 0 Å². The summed E-state index contributed by atoms with van der Waals surface area (Å²) in [6.07, 6.45) is 17.4. The van der Waals surface area contributed by atoms with Crippen molar-refractivity contribution in [2.45, 2.75) is 123 Å². The molecule has 0 heterocycles. The highest BCUT2D eigenvalue weighted by Crippen LogP contribution is 2.27. The van der Waals surface area contributed by atoms with Crippen LogP contribution in [0.4, 0.5) is 0 Å². The summed E-state index contributed by atoms with van der Waals surface area (Å²) in [4.78, 5) is 24.5. The molecule has 1 rings (SSSR count). The van der Waals surface area contributed by atoms with Gasteiger partial charge in [-0.05, 0) is 43.7 Å². The first-order valence-corrected chi connectivity index (χ1v) is 13.1. The number of carbonyl (C=O) groups is 2. The molecule has 0 aromatic heterocycles. The predicted molar refractivity (Wildman–Crippen MR) is 132 cm³/mol. The lowest BCUT2D eigenvalue weighted by Crippen LogP contribution is -2.28. The van der Waals surface area contributed by atoms with Crippen molar-refractivity contribution in [3.8, 4) is 0 Å². The molecular weight excluding hydrogens is 400 g/mol. The van der Waals surface area contributed by atoms with Gasteiger partial charge in [0.1, 0.15) is 6.10 Å². The topological polar surface area (TPSA) is 63.6 Å². The summed E-state index contributed by atoms with van der Waals surface area (Å²) in [5.41, 5.74) is 0.172. The van der Waals surface area contributed by atoms with Crippen LogP contribution in [-0.4, -0.2) is 23.1 Å². The summed E-state index contributed by atoms with van der Waals surface area (Å²) >= 11 is 0. The van der Waals surface area contributed by atoms with Crippen LogP contribution in [0.5, 0.6) is 0 Å². The number of aromatic carboxylic acids is 1. The molecular formula is C28H46O4. The van der Waals surface area contributed by atoms with Crippen molar-refractivity contribution in [3.63, 3.8) is 0 Å². The van der Waals surface area contributed by atoms with E-state index in [1.165, 1.54) is 63.9 Å². The maximum atomic E-state index is 13.0.